The van der Waals surface area contributed by atoms with Crippen LogP contribution < -0.4 is 5.73 Å². The summed E-state index contributed by atoms with van der Waals surface area (Å²) in [4.78, 5) is 9.82. The van der Waals surface area contributed by atoms with Gasteiger partial charge in [-0.1, -0.05) is 13.5 Å². The van der Waals surface area contributed by atoms with E-state index in [1.165, 1.54) is 0 Å². The summed E-state index contributed by atoms with van der Waals surface area (Å²) in [7, 11) is 2.23. The summed E-state index contributed by atoms with van der Waals surface area (Å²) in [5.74, 6) is -0.435. The van der Waals surface area contributed by atoms with Crippen LogP contribution in [0.3, 0.4) is 0 Å². The van der Waals surface area contributed by atoms with Crippen LogP contribution in [0.15, 0.2) is 12.2 Å². The Balaban J connectivity index is 0. The Morgan fingerprint density at radius 3 is 1.77 bits per heavy atom. The van der Waals surface area contributed by atoms with E-state index >= 15 is 0 Å². The molecule has 0 saturated carbocycles. The van der Waals surface area contributed by atoms with Crippen molar-refractivity contribution in [2.45, 2.75) is 19.9 Å². The second-order valence-electron chi connectivity index (χ2n) is 2.45. The fourth-order valence-corrected chi connectivity index (χ4v) is 1.29. The molecule has 0 bridgehead atoms. The van der Waals surface area contributed by atoms with Crippen LogP contribution in [0.4, 0.5) is 0 Å². The molecule has 1 amide bonds. The van der Waals surface area contributed by atoms with Gasteiger partial charge < -0.3 is 14.6 Å². The Morgan fingerprint density at radius 2 is 1.77 bits per heavy atom. The van der Waals surface area contributed by atoms with Crippen LogP contribution >= 0.6 is 0 Å². The second kappa shape index (κ2) is 9.44. The van der Waals surface area contributed by atoms with Crippen LogP contribution in [-0.2, 0) is 13.6 Å². The molecule has 0 aliphatic carbocycles. The normalized spacial score (nSPS) is 9.00. The Morgan fingerprint density at radius 1 is 1.46 bits per heavy atom. The molecule has 0 radical (unpaired) electrons. The number of hydrogen-bond acceptors (Lipinski definition) is 3. The first-order valence-corrected chi connectivity index (χ1v) is 5.76. The lowest BCUT2D eigenvalue weighted by Crippen LogP contribution is -2.16. The number of hydrogen-bond donors (Lipinski definition) is 1. The molecular formula is C8H19NO3Si. The third kappa shape index (κ3) is 11.3. The maximum atomic E-state index is 9.82. The monoisotopic (exact) mass is 205 g/mol. The second-order valence-corrected chi connectivity index (χ2v) is 5.07. The number of carbonyl (C=O) groups excluding carboxylic acids is 1. The molecule has 0 unspecified atom stereocenters. The largest absolute Gasteiger partial charge is 0.400 e. The van der Waals surface area contributed by atoms with E-state index in [-0.39, 0.29) is 0 Å². The van der Waals surface area contributed by atoms with Gasteiger partial charge in [0.05, 0.1) is 0 Å². The van der Waals surface area contributed by atoms with Gasteiger partial charge in [0, 0.05) is 19.8 Å². The van der Waals surface area contributed by atoms with Crippen LogP contribution in [0.25, 0.3) is 0 Å². The molecule has 5 heteroatoms. The van der Waals surface area contributed by atoms with Gasteiger partial charge >= 0.3 is 9.28 Å². The SMILES string of the molecule is C=C(C)C(N)=O.CC[SiH](OC)OC. The predicted molar refractivity (Wildman–Crippen MR) is 55.7 cm³/mol. The van der Waals surface area contributed by atoms with Crippen molar-refractivity contribution in [1.29, 1.82) is 0 Å². The Labute approximate surface area is 81.6 Å². The van der Waals surface area contributed by atoms with Gasteiger partial charge in [-0.2, -0.15) is 0 Å². The van der Waals surface area contributed by atoms with Gasteiger partial charge in [-0.15, -0.1) is 0 Å². The molecule has 13 heavy (non-hydrogen) atoms. The zero-order valence-electron chi connectivity index (χ0n) is 8.79. The van der Waals surface area contributed by atoms with Gasteiger partial charge in [0.25, 0.3) is 0 Å². The van der Waals surface area contributed by atoms with Gasteiger partial charge in [0.2, 0.25) is 5.91 Å². The first-order valence-electron chi connectivity index (χ1n) is 4.00. The molecule has 2 N–H and O–H groups in total. The van der Waals surface area contributed by atoms with Crippen molar-refractivity contribution in [2.24, 2.45) is 5.73 Å². The summed E-state index contributed by atoms with van der Waals surface area (Å²) in [6.45, 7) is 6.93. The average Bonchev–Trinajstić information content (AvgIpc) is 2.08. The number of primary amides is 1. The highest BCUT2D eigenvalue weighted by Crippen LogP contribution is 1.89. The van der Waals surface area contributed by atoms with Gasteiger partial charge in [0.1, 0.15) is 0 Å². The van der Waals surface area contributed by atoms with Gasteiger partial charge in [-0.3, -0.25) is 4.79 Å². The van der Waals surface area contributed by atoms with E-state index in [4.69, 9.17) is 14.6 Å². The zero-order chi connectivity index (χ0) is 10.9. The Hall–Kier alpha value is -0.653. The summed E-state index contributed by atoms with van der Waals surface area (Å²) < 4.78 is 9.93. The average molecular weight is 205 g/mol. The van der Waals surface area contributed by atoms with Crippen molar-refractivity contribution >= 4 is 15.2 Å². The topological polar surface area (TPSA) is 61.6 Å². The maximum Gasteiger partial charge on any atom is 0.320 e. The van der Waals surface area contributed by atoms with Crippen molar-refractivity contribution in [3.8, 4) is 0 Å². The molecule has 0 aliphatic rings. The minimum atomic E-state index is -1.17. The minimum absolute atomic E-state index is 0.398. The molecule has 0 atom stereocenters. The first-order chi connectivity index (χ1) is 5.99. The van der Waals surface area contributed by atoms with Crippen LogP contribution in [0.2, 0.25) is 6.04 Å². The van der Waals surface area contributed by atoms with E-state index in [1.807, 2.05) is 0 Å². The summed E-state index contributed by atoms with van der Waals surface area (Å²) in [5, 5.41) is 0. The summed E-state index contributed by atoms with van der Waals surface area (Å²) in [6.07, 6.45) is 0. The quantitative estimate of drug-likeness (QED) is 0.539. The standard InChI is InChI=1S/C4H7NO.C4H12O2Si/c1-3(2)4(5)6;1-4-7(5-2)6-3/h1H2,2H3,(H2,5,6);7H,4H2,1-3H3. The van der Waals surface area contributed by atoms with Crippen LogP contribution in [0.1, 0.15) is 13.8 Å². The number of nitrogens with two attached hydrogens (primary N) is 1. The highest BCUT2D eigenvalue weighted by molar-refractivity contribution is 6.44. The molecule has 0 heterocycles. The lowest BCUT2D eigenvalue weighted by molar-refractivity contribution is -0.114. The predicted octanol–water partition coefficient (Wildman–Crippen LogP) is 0.567. The highest BCUT2D eigenvalue weighted by Gasteiger charge is 2.02. The molecule has 0 aromatic carbocycles. The third-order valence-corrected chi connectivity index (χ3v) is 3.00. The molecule has 0 spiro atoms. The van der Waals surface area contributed by atoms with E-state index in [2.05, 4.69) is 13.5 Å². The number of amides is 1. The lowest BCUT2D eigenvalue weighted by atomic mass is 10.3. The summed E-state index contributed by atoms with van der Waals surface area (Å²) in [5.41, 5.74) is 5.09. The van der Waals surface area contributed by atoms with Gasteiger partial charge in [-0.25, -0.2) is 0 Å². The van der Waals surface area contributed by atoms with Crippen LogP contribution in [0.5, 0.6) is 0 Å². The summed E-state index contributed by atoms with van der Waals surface area (Å²) >= 11 is 0. The smallest absolute Gasteiger partial charge is 0.320 e. The molecule has 0 aromatic heterocycles. The fraction of sp³-hybridized carbons (Fsp3) is 0.625. The zero-order valence-corrected chi connectivity index (χ0v) is 9.95. The van der Waals surface area contributed by atoms with Crippen molar-refractivity contribution in [3.05, 3.63) is 12.2 Å². The molecule has 0 saturated heterocycles. The van der Waals surface area contributed by atoms with Gasteiger partial charge in [0.15, 0.2) is 0 Å². The molecule has 78 valence electrons. The van der Waals surface area contributed by atoms with Gasteiger partial charge in [-0.05, 0) is 13.0 Å². The van der Waals surface area contributed by atoms with Crippen molar-refractivity contribution < 1.29 is 13.6 Å². The van der Waals surface area contributed by atoms with Crippen LogP contribution in [0, 0.1) is 0 Å². The van der Waals surface area contributed by atoms with E-state index < -0.39 is 15.2 Å². The number of carbonyl (C=O) groups is 1. The minimum Gasteiger partial charge on any atom is -0.400 e. The molecular weight excluding hydrogens is 186 g/mol. The lowest BCUT2D eigenvalue weighted by Gasteiger charge is -2.05. The highest BCUT2D eigenvalue weighted by atomic mass is 28.3. The van der Waals surface area contributed by atoms with Crippen LogP contribution in [-0.4, -0.2) is 29.4 Å². The molecule has 0 rings (SSSR count). The van der Waals surface area contributed by atoms with Crippen molar-refractivity contribution in [1.82, 2.24) is 0 Å². The fourth-order valence-electron chi connectivity index (χ4n) is 0.430. The van der Waals surface area contributed by atoms with E-state index in [9.17, 15) is 4.79 Å². The molecule has 0 aliphatic heterocycles. The third-order valence-electron chi connectivity index (χ3n) is 1.28. The van der Waals surface area contributed by atoms with Crippen molar-refractivity contribution in [3.63, 3.8) is 0 Å². The summed E-state index contributed by atoms with van der Waals surface area (Å²) in [6, 6.07) is 1.05. The first kappa shape index (κ1) is 14.8. The molecule has 0 fully saturated rings. The molecule has 0 aromatic rings. The Bertz CT molecular complexity index is 140. The van der Waals surface area contributed by atoms with E-state index in [1.54, 1.807) is 21.1 Å². The molecule has 4 nitrogen and oxygen atoms in total. The maximum absolute atomic E-state index is 9.82. The van der Waals surface area contributed by atoms with Crippen molar-refractivity contribution in [2.75, 3.05) is 14.2 Å². The number of rotatable bonds is 4. The van der Waals surface area contributed by atoms with E-state index in [0.29, 0.717) is 5.57 Å². The van der Waals surface area contributed by atoms with E-state index in [0.717, 1.165) is 6.04 Å². The Kier molecular flexibility index (Phi) is 10.8.